The van der Waals surface area contributed by atoms with Crippen molar-refractivity contribution in [3.63, 3.8) is 0 Å². The molecule has 0 unspecified atom stereocenters. The number of aromatic carboxylic acids is 1. The summed E-state index contributed by atoms with van der Waals surface area (Å²) in [5, 5.41) is 11.4. The summed E-state index contributed by atoms with van der Waals surface area (Å²) in [6, 6.07) is 18.4. The van der Waals surface area contributed by atoms with Gasteiger partial charge in [-0.05, 0) is 54.8 Å². The van der Waals surface area contributed by atoms with E-state index in [0.29, 0.717) is 17.8 Å². The number of benzene rings is 3. The van der Waals surface area contributed by atoms with Gasteiger partial charge >= 0.3 is 0 Å². The van der Waals surface area contributed by atoms with Gasteiger partial charge in [-0.15, -0.1) is 0 Å². The van der Waals surface area contributed by atoms with Crippen LogP contribution in [-0.2, 0) is 6.54 Å². The molecular weight excluding hydrogens is 370 g/mol. The average molecular weight is 388 g/mol. The first-order valence-corrected chi connectivity index (χ1v) is 9.76. The number of anilines is 1. The van der Waals surface area contributed by atoms with Gasteiger partial charge in [-0.2, -0.15) is 0 Å². The third-order valence-electron chi connectivity index (χ3n) is 4.90. The van der Waals surface area contributed by atoms with Gasteiger partial charge in [-0.25, -0.2) is 0 Å². The van der Waals surface area contributed by atoms with E-state index in [9.17, 15) is 14.7 Å². The van der Waals surface area contributed by atoms with Crippen LogP contribution in [0.25, 0.3) is 0 Å². The first-order valence-electron chi connectivity index (χ1n) is 8.94. The Hall–Kier alpha value is -3.05. The summed E-state index contributed by atoms with van der Waals surface area (Å²) in [4.78, 5) is 28.2. The van der Waals surface area contributed by atoms with Crippen molar-refractivity contribution in [2.75, 3.05) is 4.90 Å². The molecule has 1 heterocycles. The van der Waals surface area contributed by atoms with Gasteiger partial charge in [0.1, 0.15) is 0 Å². The Labute approximate surface area is 167 Å². The fourth-order valence-corrected chi connectivity index (χ4v) is 4.40. The molecule has 0 saturated heterocycles. The molecule has 1 aliphatic rings. The summed E-state index contributed by atoms with van der Waals surface area (Å²) in [7, 11) is 0. The predicted octanol–water partition coefficient (Wildman–Crippen LogP) is 3.98. The van der Waals surface area contributed by atoms with Crippen LogP contribution in [0.4, 0.5) is 5.69 Å². The minimum Gasteiger partial charge on any atom is -0.545 e. The number of hydrogen-bond donors (Lipinski definition) is 0. The van der Waals surface area contributed by atoms with Crippen LogP contribution in [0.2, 0.25) is 0 Å². The van der Waals surface area contributed by atoms with E-state index < -0.39 is 5.97 Å². The van der Waals surface area contributed by atoms with Gasteiger partial charge in [0.2, 0.25) is 0 Å². The summed E-state index contributed by atoms with van der Waals surface area (Å²) in [5.74, 6) is -1.40. The highest BCUT2D eigenvalue weighted by atomic mass is 32.2. The van der Waals surface area contributed by atoms with Gasteiger partial charge in [0.25, 0.3) is 5.91 Å². The first kappa shape index (κ1) is 18.3. The van der Waals surface area contributed by atoms with Crippen LogP contribution in [0.5, 0.6) is 0 Å². The minimum absolute atomic E-state index is 0.0593. The molecule has 1 aliphatic heterocycles. The maximum absolute atomic E-state index is 13.4. The van der Waals surface area contributed by atoms with Crippen molar-refractivity contribution in [2.24, 2.45) is 0 Å². The molecule has 0 N–H and O–H groups in total. The van der Waals surface area contributed by atoms with Crippen LogP contribution in [0.15, 0.2) is 70.5 Å². The van der Waals surface area contributed by atoms with Crippen LogP contribution in [0.1, 0.15) is 37.4 Å². The van der Waals surface area contributed by atoms with Crippen molar-refractivity contribution in [1.29, 1.82) is 0 Å². The summed E-state index contributed by atoms with van der Waals surface area (Å²) in [5.41, 5.74) is 4.49. The number of carboxylic acids is 1. The molecule has 5 heteroatoms. The van der Waals surface area contributed by atoms with Crippen molar-refractivity contribution in [2.45, 2.75) is 30.2 Å². The molecule has 0 aromatic heterocycles. The largest absolute Gasteiger partial charge is 0.545 e. The second kappa shape index (κ2) is 7.17. The van der Waals surface area contributed by atoms with Crippen molar-refractivity contribution in [3.8, 4) is 0 Å². The van der Waals surface area contributed by atoms with E-state index in [1.165, 1.54) is 23.9 Å². The molecule has 0 aliphatic carbocycles. The lowest BCUT2D eigenvalue weighted by atomic mass is 10.0. The Kier molecular flexibility index (Phi) is 4.69. The number of rotatable bonds is 3. The molecule has 0 bridgehead atoms. The Morgan fingerprint density at radius 3 is 2.57 bits per heavy atom. The number of fused-ring (bicyclic) bond motifs is 2. The topological polar surface area (TPSA) is 60.4 Å². The maximum Gasteiger partial charge on any atom is 0.259 e. The summed E-state index contributed by atoms with van der Waals surface area (Å²) >= 11 is 1.47. The van der Waals surface area contributed by atoms with E-state index in [2.05, 4.69) is 6.07 Å². The second-order valence-electron chi connectivity index (χ2n) is 6.89. The normalized spacial score (nSPS) is 12.9. The van der Waals surface area contributed by atoms with Crippen LogP contribution in [0, 0.1) is 13.8 Å². The maximum atomic E-state index is 13.4. The predicted molar refractivity (Wildman–Crippen MR) is 108 cm³/mol. The number of carboxylic acid groups (broad SMARTS) is 1. The molecule has 4 nitrogen and oxygen atoms in total. The molecule has 0 radical (unpaired) electrons. The highest BCUT2D eigenvalue weighted by Gasteiger charge is 2.28. The average Bonchev–Trinajstić information content (AvgIpc) is 2.79. The SMILES string of the molecule is Cc1ccc(C)c(CN2C(=O)c3ccccc3Sc3ccc(C(=O)[O-])cc32)c1. The number of carbonyl (C=O) groups excluding carboxylic acids is 2. The smallest absolute Gasteiger partial charge is 0.259 e. The quantitative estimate of drug-likeness (QED) is 0.681. The second-order valence-corrected chi connectivity index (χ2v) is 7.97. The summed E-state index contributed by atoms with van der Waals surface area (Å²) < 4.78 is 0. The molecule has 3 aromatic rings. The molecule has 0 saturated carbocycles. The zero-order chi connectivity index (χ0) is 19.8. The molecule has 0 spiro atoms. The third-order valence-corrected chi connectivity index (χ3v) is 6.04. The van der Waals surface area contributed by atoms with Gasteiger partial charge < -0.3 is 14.8 Å². The number of hydrogen-bond acceptors (Lipinski definition) is 4. The van der Waals surface area contributed by atoms with Gasteiger partial charge in [0.05, 0.1) is 23.8 Å². The van der Waals surface area contributed by atoms with E-state index in [0.717, 1.165) is 26.5 Å². The van der Waals surface area contributed by atoms with Crippen molar-refractivity contribution < 1.29 is 14.7 Å². The molecule has 0 fully saturated rings. The van der Waals surface area contributed by atoms with E-state index >= 15 is 0 Å². The van der Waals surface area contributed by atoms with E-state index in [-0.39, 0.29) is 11.5 Å². The molecule has 4 rings (SSSR count). The molecule has 0 atom stereocenters. The minimum atomic E-state index is -1.26. The summed E-state index contributed by atoms with van der Waals surface area (Å²) in [6.45, 7) is 4.39. The van der Waals surface area contributed by atoms with Gasteiger partial charge in [0.15, 0.2) is 0 Å². The van der Waals surface area contributed by atoms with E-state index in [1.54, 1.807) is 11.0 Å². The Morgan fingerprint density at radius 2 is 1.79 bits per heavy atom. The standard InChI is InChI=1S/C23H19NO3S/c1-14-7-8-15(2)17(11-14)13-24-19-12-16(23(26)27)9-10-21(19)28-20-6-4-3-5-18(20)22(24)25/h3-12H,13H2,1-2H3,(H,26,27)/p-1. The zero-order valence-corrected chi connectivity index (χ0v) is 16.4. The highest BCUT2D eigenvalue weighted by molar-refractivity contribution is 7.99. The molecule has 140 valence electrons. The van der Waals surface area contributed by atoms with Crippen LogP contribution < -0.4 is 10.0 Å². The van der Waals surface area contributed by atoms with Crippen LogP contribution in [-0.4, -0.2) is 11.9 Å². The monoisotopic (exact) mass is 388 g/mol. The first-order chi connectivity index (χ1) is 13.4. The fraction of sp³-hybridized carbons (Fsp3) is 0.130. The fourth-order valence-electron chi connectivity index (χ4n) is 3.35. The van der Waals surface area contributed by atoms with E-state index in [4.69, 9.17) is 0 Å². The lowest BCUT2D eigenvalue weighted by Gasteiger charge is -2.25. The summed E-state index contributed by atoms with van der Waals surface area (Å²) in [6.07, 6.45) is 0. The number of nitrogens with zero attached hydrogens (tertiary/aromatic N) is 1. The lowest BCUT2D eigenvalue weighted by Crippen LogP contribution is -2.31. The van der Waals surface area contributed by atoms with Crippen LogP contribution in [0.3, 0.4) is 0 Å². The zero-order valence-electron chi connectivity index (χ0n) is 15.6. The highest BCUT2D eigenvalue weighted by Crippen LogP contribution is 2.42. The van der Waals surface area contributed by atoms with Gasteiger partial charge in [0, 0.05) is 9.79 Å². The van der Waals surface area contributed by atoms with Gasteiger partial charge in [-0.3, -0.25) is 4.79 Å². The molecule has 28 heavy (non-hydrogen) atoms. The van der Waals surface area contributed by atoms with Crippen LogP contribution >= 0.6 is 11.8 Å². The van der Waals surface area contributed by atoms with E-state index in [1.807, 2.05) is 50.2 Å². The third kappa shape index (κ3) is 3.29. The number of carbonyl (C=O) groups is 2. The number of amides is 1. The number of aryl methyl sites for hydroxylation is 2. The lowest BCUT2D eigenvalue weighted by molar-refractivity contribution is -0.255. The van der Waals surface area contributed by atoms with Crippen molar-refractivity contribution >= 4 is 29.3 Å². The molecule has 1 amide bonds. The Balaban J connectivity index is 1.89. The van der Waals surface area contributed by atoms with Crippen molar-refractivity contribution in [3.05, 3.63) is 88.5 Å². The Bertz CT molecular complexity index is 1110. The van der Waals surface area contributed by atoms with Gasteiger partial charge in [-0.1, -0.05) is 53.7 Å². The molecule has 3 aromatic carbocycles. The molecular formula is C23H18NO3S-. The Morgan fingerprint density at radius 1 is 1.00 bits per heavy atom. The van der Waals surface area contributed by atoms with Crippen molar-refractivity contribution in [1.82, 2.24) is 0 Å².